The molecule has 0 aromatic rings. The first kappa shape index (κ1) is 12.7. The summed E-state index contributed by atoms with van der Waals surface area (Å²) in [5.74, 6) is -0.750. The van der Waals surface area contributed by atoms with Gasteiger partial charge < -0.3 is 24.4 Å². The summed E-state index contributed by atoms with van der Waals surface area (Å²) < 4.78 is 13.9. The number of aliphatic hydroxyl groups excluding tert-OH is 2. The Balaban J connectivity index is 2.37. The summed E-state index contributed by atoms with van der Waals surface area (Å²) in [5, 5.41) is 17.8. The molecule has 1 saturated heterocycles. The first-order valence-corrected chi connectivity index (χ1v) is 4.74. The molecule has 1 aliphatic rings. The van der Waals surface area contributed by atoms with Gasteiger partial charge in [-0.2, -0.15) is 0 Å². The van der Waals surface area contributed by atoms with E-state index >= 15 is 0 Å². The molecule has 0 aromatic carbocycles. The molecule has 92 valence electrons. The van der Waals surface area contributed by atoms with Gasteiger partial charge >= 0.3 is 12.1 Å². The van der Waals surface area contributed by atoms with Crippen LogP contribution in [0.5, 0.6) is 0 Å². The summed E-state index contributed by atoms with van der Waals surface area (Å²) in [7, 11) is 0. The SMILES string of the molecule is CC(CO)(CO)C(=O)OCC1COC(=O)O1. The number of hydrogen-bond donors (Lipinski definition) is 2. The van der Waals surface area contributed by atoms with Crippen LogP contribution in [0.2, 0.25) is 0 Å². The fraction of sp³-hybridized carbons (Fsp3) is 0.778. The molecule has 1 heterocycles. The van der Waals surface area contributed by atoms with Gasteiger partial charge in [0.1, 0.15) is 18.6 Å². The maximum absolute atomic E-state index is 11.4. The molecule has 0 bridgehead atoms. The Morgan fingerprint density at radius 1 is 1.56 bits per heavy atom. The molecule has 2 N–H and O–H groups in total. The average Bonchev–Trinajstić information content (AvgIpc) is 2.70. The smallest absolute Gasteiger partial charge is 0.461 e. The molecule has 0 aliphatic carbocycles. The molecule has 0 radical (unpaired) electrons. The Morgan fingerprint density at radius 3 is 2.62 bits per heavy atom. The second-order valence-corrected chi connectivity index (χ2v) is 3.78. The standard InChI is InChI=1S/C9H14O7/c1-9(4-10,5-11)7(12)14-2-6-3-15-8(13)16-6/h6,10-11H,2-5H2,1H3. The van der Waals surface area contributed by atoms with Gasteiger partial charge in [-0.15, -0.1) is 0 Å². The fourth-order valence-electron chi connectivity index (χ4n) is 0.969. The van der Waals surface area contributed by atoms with Crippen LogP contribution < -0.4 is 0 Å². The van der Waals surface area contributed by atoms with E-state index in [9.17, 15) is 9.59 Å². The zero-order chi connectivity index (χ0) is 12.2. The zero-order valence-electron chi connectivity index (χ0n) is 8.84. The second kappa shape index (κ2) is 5.13. The molecule has 1 aliphatic heterocycles. The molecule has 0 saturated carbocycles. The zero-order valence-corrected chi connectivity index (χ0v) is 8.84. The molecule has 1 unspecified atom stereocenters. The number of rotatable bonds is 5. The Labute approximate surface area is 91.9 Å². The van der Waals surface area contributed by atoms with E-state index in [1.54, 1.807) is 0 Å². The highest BCUT2D eigenvalue weighted by atomic mass is 16.8. The van der Waals surface area contributed by atoms with Gasteiger partial charge in [0.15, 0.2) is 6.10 Å². The van der Waals surface area contributed by atoms with Gasteiger partial charge in [-0.1, -0.05) is 0 Å². The lowest BCUT2D eigenvalue weighted by molar-refractivity contribution is -0.162. The van der Waals surface area contributed by atoms with Crippen LogP contribution in [0.25, 0.3) is 0 Å². The maximum atomic E-state index is 11.4. The van der Waals surface area contributed by atoms with Gasteiger partial charge in [-0.3, -0.25) is 4.79 Å². The normalized spacial score (nSPS) is 20.2. The van der Waals surface area contributed by atoms with Gasteiger partial charge in [0.2, 0.25) is 0 Å². The van der Waals surface area contributed by atoms with Gasteiger partial charge in [0, 0.05) is 0 Å². The van der Waals surface area contributed by atoms with E-state index in [0.29, 0.717) is 0 Å². The van der Waals surface area contributed by atoms with Crippen LogP contribution in [0.4, 0.5) is 4.79 Å². The Bertz CT molecular complexity index is 271. The van der Waals surface area contributed by atoms with Crippen molar-refractivity contribution in [1.82, 2.24) is 0 Å². The molecule has 0 spiro atoms. The van der Waals surface area contributed by atoms with E-state index in [2.05, 4.69) is 9.47 Å². The highest BCUT2D eigenvalue weighted by molar-refractivity contribution is 5.76. The highest BCUT2D eigenvalue weighted by Crippen LogP contribution is 2.17. The summed E-state index contributed by atoms with van der Waals surface area (Å²) in [5.41, 5.74) is -1.34. The van der Waals surface area contributed by atoms with Crippen molar-refractivity contribution >= 4 is 12.1 Å². The lowest BCUT2D eigenvalue weighted by atomic mass is 9.93. The van der Waals surface area contributed by atoms with Crippen molar-refractivity contribution in [2.45, 2.75) is 13.0 Å². The molecule has 1 atom stereocenters. The van der Waals surface area contributed by atoms with Gasteiger partial charge in [-0.25, -0.2) is 4.79 Å². The Hall–Kier alpha value is -1.34. The first-order valence-electron chi connectivity index (χ1n) is 4.74. The van der Waals surface area contributed by atoms with E-state index < -0.39 is 36.9 Å². The van der Waals surface area contributed by atoms with Crippen molar-refractivity contribution in [3.63, 3.8) is 0 Å². The minimum atomic E-state index is -1.34. The van der Waals surface area contributed by atoms with Gasteiger partial charge in [-0.05, 0) is 6.92 Å². The van der Waals surface area contributed by atoms with Crippen molar-refractivity contribution in [3.05, 3.63) is 0 Å². The molecule has 16 heavy (non-hydrogen) atoms. The largest absolute Gasteiger partial charge is 0.508 e. The number of ether oxygens (including phenoxy) is 3. The minimum absolute atomic E-state index is 0.0288. The van der Waals surface area contributed by atoms with E-state index in [4.69, 9.17) is 14.9 Å². The van der Waals surface area contributed by atoms with E-state index in [0.717, 1.165) is 0 Å². The molecular weight excluding hydrogens is 220 g/mol. The van der Waals surface area contributed by atoms with Crippen molar-refractivity contribution in [2.75, 3.05) is 26.4 Å². The lowest BCUT2D eigenvalue weighted by Gasteiger charge is -2.22. The summed E-state index contributed by atoms with van der Waals surface area (Å²) in [6.07, 6.45) is -1.42. The van der Waals surface area contributed by atoms with Crippen LogP contribution in [-0.2, 0) is 19.0 Å². The van der Waals surface area contributed by atoms with Crippen LogP contribution in [0.3, 0.4) is 0 Å². The van der Waals surface area contributed by atoms with Crippen LogP contribution in [-0.4, -0.2) is 54.9 Å². The molecule has 7 nitrogen and oxygen atoms in total. The molecule has 1 rings (SSSR count). The number of carbonyl (C=O) groups is 2. The van der Waals surface area contributed by atoms with E-state index in [1.165, 1.54) is 6.92 Å². The number of aliphatic hydroxyl groups is 2. The lowest BCUT2D eigenvalue weighted by Crippen LogP contribution is -2.38. The van der Waals surface area contributed by atoms with Crippen LogP contribution in [0.1, 0.15) is 6.92 Å². The number of carbonyl (C=O) groups excluding carboxylic acids is 2. The Kier molecular flexibility index (Phi) is 4.08. The van der Waals surface area contributed by atoms with Crippen LogP contribution >= 0.6 is 0 Å². The van der Waals surface area contributed by atoms with Gasteiger partial charge in [0.05, 0.1) is 13.2 Å². The maximum Gasteiger partial charge on any atom is 0.508 e. The molecular formula is C9H14O7. The van der Waals surface area contributed by atoms with Crippen LogP contribution in [0, 0.1) is 5.41 Å². The topological polar surface area (TPSA) is 102 Å². The van der Waals surface area contributed by atoms with Crippen molar-refractivity contribution in [3.8, 4) is 0 Å². The summed E-state index contributed by atoms with van der Waals surface area (Å²) in [6, 6.07) is 0. The van der Waals surface area contributed by atoms with Crippen LogP contribution in [0.15, 0.2) is 0 Å². The van der Waals surface area contributed by atoms with E-state index in [1.807, 2.05) is 0 Å². The predicted molar refractivity (Wildman–Crippen MR) is 49.5 cm³/mol. The third-order valence-corrected chi connectivity index (χ3v) is 2.24. The summed E-state index contributed by atoms with van der Waals surface area (Å²) in [4.78, 5) is 22.0. The van der Waals surface area contributed by atoms with Crippen molar-refractivity contribution in [1.29, 1.82) is 0 Å². The third kappa shape index (κ3) is 2.83. The van der Waals surface area contributed by atoms with Crippen molar-refractivity contribution in [2.24, 2.45) is 5.41 Å². The Morgan fingerprint density at radius 2 is 2.19 bits per heavy atom. The summed E-state index contributed by atoms with van der Waals surface area (Å²) in [6.45, 7) is 0.195. The predicted octanol–water partition coefficient (Wildman–Crippen LogP) is -0.944. The fourth-order valence-corrected chi connectivity index (χ4v) is 0.969. The molecule has 0 amide bonds. The average molecular weight is 234 g/mol. The van der Waals surface area contributed by atoms with Crippen molar-refractivity contribution < 1.29 is 34.0 Å². The third-order valence-electron chi connectivity index (χ3n) is 2.24. The number of hydrogen-bond acceptors (Lipinski definition) is 7. The highest BCUT2D eigenvalue weighted by Gasteiger charge is 2.35. The van der Waals surface area contributed by atoms with Gasteiger partial charge in [0.25, 0.3) is 0 Å². The number of cyclic esters (lactones) is 2. The quantitative estimate of drug-likeness (QED) is 0.591. The molecule has 7 heteroatoms. The monoisotopic (exact) mass is 234 g/mol. The minimum Gasteiger partial charge on any atom is -0.461 e. The second-order valence-electron chi connectivity index (χ2n) is 3.78. The summed E-state index contributed by atoms with van der Waals surface area (Å²) >= 11 is 0. The number of esters is 1. The molecule has 1 fully saturated rings. The molecule has 0 aromatic heterocycles. The van der Waals surface area contributed by atoms with E-state index in [-0.39, 0.29) is 13.2 Å². The first-order chi connectivity index (χ1) is 7.51.